The minimum Gasteiger partial charge on any atom is -0.382 e. The number of aryl methyl sites for hydroxylation is 1. The van der Waals surface area contributed by atoms with Crippen molar-refractivity contribution in [3.05, 3.63) is 11.9 Å². The monoisotopic (exact) mass is 291 g/mol. The highest BCUT2D eigenvalue weighted by Crippen LogP contribution is 1.99. The van der Waals surface area contributed by atoms with Gasteiger partial charge in [0.25, 0.3) is 0 Å². The maximum atomic E-state index is 5.63. The SMILES string of the molecule is COCCOCCOCCn1cc(CCCCl)nn1. The number of halogens is 1. The van der Waals surface area contributed by atoms with E-state index in [1.807, 2.05) is 6.20 Å². The van der Waals surface area contributed by atoms with E-state index in [1.165, 1.54) is 0 Å². The highest BCUT2D eigenvalue weighted by Gasteiger charge is 2.00. The zero-order valence-corrected chi connectivity index (χ0v) is 12.1. The second-order valence-corrected chi connectivity index (χ2v) is 4.36. The van der Waals surface area contributed by atoms with Gasteiger partial charge in [0, 0.05) is 19.2 Å². The molecule has 1 aromatic rings. The zero-order chi connectivity index (χ0) is 13.8. The molecule has 0 aromatic carbocycles. The van der Waals surface area contributed by atoms with Crippen LogP contribution in [-0.4, -0.2) is 61.0 Å². The van der Waals surface area contributed by atoms with Gasteiger partial charge in [0.2, 0.25) is 0 Å². The Morgan fingerprint density at radius 3 is 2.63 bits per heavy atom. The Labute approximate surface area is 119 Å². The summed E-state index contributed by atoms with van der Waals surface area (Å²) in [5.41, 5.74) is 0.976. The van der Waals surface area contributed by atoms with Crippen LogP contribution in [0.1, 0.15) is 12.1 Å². The second kappa shape index (κ2) is 11.2. The lowest BCUT2D eigenvalue weighted by molar-refractivity contribution is 0.0224. The maximum absolute atomic E-state index is 5.63. The third-order valence-electron chi connectivity index (χ3n) is 2.42. The maximum Gasteiger partial charge on any atom is 0.0827 e. The molecule has 0 saturated heterocycles. The first-order chi connectivity index (χ1) is 9.36. The quantitative estimate of drug-likeness (QED) is 0.427. The predicted octanol–water partition coefficient (Wildman–Crippen LogP) is 1.13. The summed E-state index contributed by atoms with van der Waals surface area (Å²) >= 11 is 5.63. The Kier molecular flexibility index (Phi) is 9.61. The fourth-order valence-corrected chi connectivity index (χ4v) is 1.57. The summed E-state index contributed by atoms with van der Waals surface area (Å²) in [5.74, 6) is 0.652. The van der Waals surface area contributed by atoms with Crippen LogP contribution < -0.4 is 0 Å². The molecular formula is C12H22ClN3O3. The number of rotatable bonds is 12. The van der Waals surface area contributed by atoms with E-state index in [1.54, 1.807) is 11.8 Å². The molecule has 0 atom stereocenters. The first-order valence-corrected chi connectivity index (χ1v) is 6.99. The molecule has 110 valence electrons. The number of alkyl halides is 1. The smallest absolute Gasteiger partial charge is 0.0827 e. The molecular weight excluding hydrogens is 270 g/mol. The topological polar surface area (TPSA) is 58.4 Å². The number of aromatic nitrogens is 3. The summed E-state index contributed by atoms with van der Waals surface area (Å²) in [4.78, 5) is 0. The minimum absolute atomic E-state index is 0.581. The largest absolute Gasteiger partial charge is 0.382 e. The molecule has 6 nitrogen and oxygen atoms in total. The Bertz CT molecular complexity index is 323. The summed E-state index contributed by atoms with van der Waals surface area (Å²) < 4.78 is 17.4. The van der Waals surface area contributed by atoms with Gasteiger partial charge in [-0.15, -0.1) is 16.7 Å². The van der Waals surface area contributed by atoms with Crippen LogP contribution in [0.15, 0.2) is 6.20 Å². The van der Waals surface area contributed by atoms with Crippen LogP contribution in [0.2, 0.25) is 0 Å². The molecule has 7 heteroatoms. The van der Waals surface area contributed by atoms with Crippen molar-refractivity contribution < 1.29 is 14.2 Å². The number of methoxy groups -OCH3 is 1. The first kappa shape index (κ1) is 16.4. The van der Waals surface area contributed by atoms with Gasteiger partial charge < -0.3 is 14.2 Å². The average molecular weight is 292 g/mol. The van der Waals surface area contributed by atoms with Gasteiger partial charge in [0.15, 0.2) is 0 Å². The number of ether oxygens (including phenoxy) is 3. The molecule has 0 aliphatic rings. The molecule has 0 unspecified atom stereocenters. The summed E-state index contributed by atoms with van der Waals surface area (Å²) in [6.07, 6.45) is 3.73. The Balaban J connectivity index is 1.98. The molecule has 0 aliphatic heterocycles. The molecule has 0 bridgehead atoms. The highest BCUT2D eigenvalue weighted by molar-refractivity contribution is 6.17. The van der Waals surface area contributed by atoms with Crippen LogP contribution in [0, 0.1) is 0 Å². The van der Waals surface area contributed by atoms with Crippen LogP contribution in [0.5, 0.6) is 0 Å². The lowest BCUT2D eigenvalue weighted by Gasteiger charge is -2.05. The Morgan fingerprint density at radius 2 is 1.89 bits per heavy atom. The zero-order valence-electron chi connectivity index (χ0n) is 11.4. The van der Waals surface area contributed by atoms with Gasteiger partial charge in [-0.1, -0.05) is 5.21 Å². The molecule has 0 fully saturated rings. The summed E-state index contributed by atoms with van der Waals surface area (Å²) in [7, 11) is 1.65. The van der Waals surface area contributed by atoms with Crippen LogP contribution in [0.25, 0.3) is 0 Å². The molecule has 0 radical (unpaired) electrons. The number of hydrogen-bond acceptors (Lipinski definition) is 5. The van der Waals surface area contributed by atoms with E-state index in [0.29, 0.717) is 45.5 Å². The summed E-state index contributed by atoms with van der Waals surface area (Å²) in [5, 5.41) is 8.09. The van der Waals surface area contributed by atoms with E-state index < -0.39 is 0 Å². The van der Waals surface area contributed by atoms with E-state index in [9.17, 15) is 0 Å². The van der Waals surface area contributed by atoms with Crippen molar-refractivity contribution in [1.29, 1.82) is 0 Å². The molecule has 0 saturated carbocycles. The van der Waals surface area contributed by atoms with Crippen LogP contribution in [0.4, 0.5) is 0 Å². The van der Waals surface area contributed by atoms with Gasteiger partial charge in [-0.2, -0.15) is 0 Å². The molecule has 0 spiro atoms. The second-order valence-electron chi connectivity index (χ2n) is 3.98. The Morgan fingerprint density at radius 1 is 1.16 bits per heavy atom. The third-order valence-corrected chi connectivity index (χ3v) is 2.69. The van der Waals surface area contributed by atoms with Crippen LogP contribution >= 0.6 is 11.6 Å². The third kappa shape index (κ3) is 8.15. The van der Waals surface area contributed by atoms with E-state index >= 15 is 0 Å². The molecule has 0 amide bonds. The molecule has 19 heavy (non-hydrogen) atoms. The lowest BCUT2D eigenvalue weighted by Crippen LogP contribution is -2.12. The lowest BCUT2D eigenvalue weighted by atomic mass is 10.3. The van der Waals surface area contributed by atoms with Crippen molar-refractivity contribution in [3.63, 3.8) is 0 Å². The minimum atomic E-state index is 0.581. The first-order valence-electron chi connectivity index (χ1n) is 6.46. The van der Waals surface area contributed by atoms with Gasteiger partial charge >= 0.3 is 0 Å². The van der Waals surface area contributed by atoms with E-state index in [0.717, 1.165) is 18.5 Å². The standard InChI is InChI=1S/C12H22ClN3O3/c1-17-7-8-19-10-9-18-6-5-16-11-12(14-15-16)3-2-4-13/h11H,2-10H2,1H3. The van der Waals surface area contributed by atoms with E-state index in [-0.39, 0.29) is 0 Å². The van der Waals surface area contributed by atoms with Crippen molar-refractivity contribution in [2.75, 3.05) is 46.0 Å². The van der Waals surface area contributed by atoms with Gasteiger partial charge in [0.1, 0.15) is 0 Å². The molecule has 1 aromatic heterocycles. The Hall–Kier alpha value is -0.690. The molecule has 1 rings (SSSR count). The fourth-order valence-electron chi connectivity index (χ4n) is 1.43. The highest BCUT2D eigenvalue weighted by atomic mass is 35.5. The summed E-state index contributed by atoms with van der Waals surface area (Å²) in [6.45, 7) is 3.69. The van der Waals surface area contributed by atoms with Crippen LogP contribution in [0.3, 0.4) is 0 Å². The van der Waals surface area contributed by atoms with Crippen LogP contribution in [-0.2, 0) is 27.2 Å². The average Bonchev–Trinajstić information content (AvgIpc) is 2.87. The van der Waals surface area contributed by atoms with Crippen molar-refractivity contribution in [1.82, 2.24) is 15.0 Å². The fraction of sp³-hybridized carbons (Fsp3) is 0.833. The van der Waals surface area contributed by atoms with E-state index in [2.05, 4.69) is 10.3 Å². The predicted molar refractivity (Wildman–Crippen MR) is 72.6 cm³/mol. The van der Waals surface area contributed by atoms with Gasteiger partial charge in [0.05, 0.1) is 45.3 Å². The molecule has 0 N–H and O–H groups in total. The van der Waals surface area contributed by atoms with Gasteiger partial charge in [-0.3, -0.25) is 0 Å². The van der Waals surface area contributed by atoms with Gasteiger partial charge in [-0.25, -0.2) is 4.68 Å². The molecule has 1 heterocycles. The van der Waals surface area contributed by atoms with Crippen molar-refractivity contribution >= 4 is 11.6 Å². The normalized spacial score (nSPS) is 11.1. The van der Waals surface area contributed by atoms with Crippen molar-refractivity contribution in [2.45, 2.75) is 19.4 Å². The molecule has 0 aliphatic carbocycles. The summed E-state index contributed by atoms with van der Waals surface area (Å²) in [6, 6.07) is 0. The number of hydrogen-bond donors (Lipinski definition) is 0. The van der Waals surface area contributed by atoms with Crippen molar-refractivity contribution in [2.24, 2.45) is 0 Å². The number of nitrogens with zero attached hydrogens (tertiary/aromatic N) is 3. The van der Waals surface area contributed by atoms with Crippen molar-refractivity contribution in [3.8, 4) is 0 Å². The van der Waals surface area contributed by atoms with E-state index in [4.69, 9.17) is 25.8 Å². The van der Waals surface area contributed by atoms with Gasteiger partial charge in [-0.05, 0) is 12.8 Å².